The van der Waals surface area contributed by atoms with Crippen LogP contribution in [0.3, 0.4) is 0 Å². The normalized spacial score (nSPS) is 27.3. The molecule has 1 saturated carbocycles. The fraction of sp³-hybridized carbons (Fsp3) is 0.261. The Balaban J connectivity index is 1.27. The number of hydrazone groups is 1. The summed E-state index contributed by atoms with van der Waals surface area (Å²) in [7, 11) is 0. The monoisotopic (exact) mass is 406 g/mol. The van der Waals surface area contributed by atoms with Gasteiger partial charge in [0.25, 0.3) is 11.8 Å². The van der Waals surface area contributed by atoms with E-state index in [0.717, 1.165) is 17.0 Å². The Bertz CT molecular complexity index is 1000. The molecular formula is C23H19ClN2O3. The van der Waals surface area contributed by atoms with Crippen molar-refractivity contribution < 1.29 is 14.3 Å². The number of rotatable bonds is 5. The van der Waals surface area contributed by atoms with Gasteiger partial charge in [-0.1, -0.05) is 54.1 Å². The molecule has 0 unspecified atom stereocenters. The largest absolute Gasteiger partial charge is 0.487 e. The molecule has 1 aliphatic heterocycles. The summed E-state index contributed by atoms with van der Waals surface area (Å²) in [5.41, 5.74) is 1.75. The molecule has 6 heteroatoms. The number of carbonyl (C=O) groups excluding carboxylic acids is 2. The van der Waals surface area contributed by atoms with E-state index in [0.29, 0.717) is 22.9 Å². The summed E-state index contributed by atoms with van der Waals surface area (Å²) in [5, 5.41) is 5.67. The molecule has 29 heavy (non-hydrogen) atoms. The van der Waals surface area contributed by atoms with Gasteiger partial charge in [-0.05, 0) is 47.6 Å². The van der Waals surface area contributed by atoms with E-state index >= 15 is 0 Å². The lowest BCUT2D eigenvalue weighted by Crippen LogP contribution is -2.28. The Morgan fingerprint density at radius 3 is 2.38 bits per heavy atom. The number of allylic oxidation sites excluding steroid dienone is 2. The number of hydrogen-bond acceptors (Lipinski definition) is 4. The van der Waals surface area contributed by atoms with Crippen LogP contribution in [-0.4, -0.2) is 23.0 Å². The van der Waals surface area contributed by atoms with Gasteiger partial charge in [-0.2, -0.15) is 10.1 Å². The highest BCUT2D eigenvalue weighted by Crippen LogP contribution is 2.52. The molecule has 2 bridgehead atoms. The quantitative estimate of drug-likeness (QED) is 0.427. The Labute approximate surface area is 173 Å². The van der Waals surface area contributed by atoms with Crippen LogP contribution in [-0.2, 0) is 16.2 Å². The third-order valence-corrected chi connectivity index (χ3v) is 6.26. The molecule has 0 radical (unpaired) electrons. The van der Waals surface area contributed by atoms with E-state index in [2.05, 4.69) is 17.3 Å². The summed E-state index contributed by atoms with van der Waals surface area (Å²) in [6.45, 7) is 0.421. The van der Waals surface area contributed by atoms with Crippen LogP contribution >= 0.6 is 11.6 Å². The van der Waals surface area contributed by atoms with Gasteiger partial charge in [-0.3, -0.25) is 9.59 Å². The van der Waals surface area contributed by atoms with Crippen LogP contribution in [0.25, 0.3) is 0 Å². The average Bonchev–Trinajstić information content (AvgIpc) is 3.41. The number of ether oxygens (including phenoxy) is 1. The highest BCUT2D eigenvalue weighted by atomic mass is 35.5. The lowest BCUT2D eigenvalue weighted by atomic mass is 9.85. The number of carbonyl (C=O) groups is 2. The number of nitrogens with zero attached hydrogens (tertiary/aromatic N) is 2. The average molecular weight is 407 g/mol. The Hall–Kier alpha value is -2.92. The third kappa shape index (κ3) is 3.15. The molecule has 2 aromatic rings. The van der Waals surface area contributed by atoms with E-state index in [1.165, 1.54) is 6.21 Å². The highest BCUT2D eigenvalue weighted by Gasteiger charge is 2.59. The number of halogens is 1. The third-order valence-electron chi connectivity index (χ3n) is 5.96. The van der Waals surface area contributed by atoms with E-state index in [-0.39, 0.29) is 35.5 Å². The van der Waals surface area contributed by atoms with Gasteiger partial charge in [-0.15, -0.1) is 0 Å². The molecule has 3 aliphatic rings. The van der Waals surface area contributed by atoms with Gasteiger partial charge in [0, 0.05) is 0 Å². The van der Waals surface area contributed by atoms with Crippen LogP contribution in [0.15, 0.2) is 65.8 Å². The number of fused-ring (bicyclic) bond motifs is 5. The Kier molecular flexibility index (Phi) is 4.47. The van der Waals surface area contributed by atoms with E-state index in [4.69, 9.17) is 16.3 Å². The van der Waals surface area contributed by atoms with Gasteiger partial charge in [0.1, 0.15) is 12.4 Å². The minimum Gasteiger partial charge on any atom is -0.487 e. The maximum absolute atomic E-state index is 12.7. The molecule has 0 spiro atoms. The highest BCUT2D eigenvalue weighted by molar-refractivity contribution is 6.32. The second kappa shape index (κ2) is 7.16. The molecule has 2 aliphatic carbocycles. The number of imide groups is 1. The molecule has 4 atom stereocenters. The number of hydrogen-bond donors (Lipinski definition) is 0. The molecule has 2 fully saturated rings. The predicted octanol–water partition coefficient (Wildman–Crippen LogP) is 4.06. The second-order valence-corrected chi connectivity index (χ2v) is 8.10. The molecule has 5 nitrogen and oxygen atoms in total. The van der Waals surface area contributed by atoms with Crippen LogP contribution < -0.4 is 4.74 Å². The molecule has 5 rings (SSSR count). The molecular weight excluding hydrogens is 388 g/mol. The standard InChI is InChI=1S/C23H19ClN2O3/c24-18-10-15(6-9-19(18)29-13-14-4-2-1-3-5-14)12-25-26-22(27)20-16-7-8-17(11-16)21(20)23(26)28/h1-10,12,16-17,20-21H,11,13H2/t16-,17-,20-,21+/m0/s1. The molecule has 1 heterocycles. The van der Waals surface area contributed by atoms with Crippen molar-refractivity contribution in [3.63, 3.8) is 0 Å². The van der Waals surface area contributed by atoms with Crippen LogP contribution in [0, 0.1) is 23.7 Å². The van der Waals surface area contributed by atoms with Gasteiger partial charge < -0.3 is 4.74 Å². The van der Waals surface area contributed by atoms with Crippen LogP contribution in [0.5, 0.6) is 5.75 Å². The van der Waals surface area contributed by atoms with Crippen molar-refractivity contribution in [2.75, 3.05) is 0 Å². The van der Waals surface area contributed by atoms with Crippen LogP contribution in [0.4, 0.5) is 0 Å². The van der Waals surface area contributed by atoms with Crippen LogP contribution in [0.1, 0.15) is 17.5 Å². The lowest BCUT2D eigenvalue weighted by Gasteiger charge is -2.13. The second-order valence-electron chi connectivity index (χ2n) is 7.70. The first kappa shape index (κ1) is 18.1. The predicted molar refractivity (Wildman–Crippen MR) is 109 cm³/mol. The molecule has 1 saturated heterocycles. The maximum Gasteiger partial charge on any atom is 0.254 e. The Morgan fingerprint density at radius 1 is 1.03 bits per heavy atom. The molecule has 146 valence electrons. The fourth-order valence-corrected chi connectivity index (χ4v) is 4.82. The van der Waals surface area contributed by atoms with E-state index in [9.17, 15) is 9.59 Å². The summed E-state index contributed by atoms with van der Waals surface area (Å²) in [6, 6.07) is 15.1. The van der Waals surface area contributed by atoms with Crippen LogP contribution in [0.2, 0.25) is 5.02 Å². The smallest absolute Gasteiger partial charge is 0.254 e. The zero-order chi connectivity index (χ0) is 20.0. The maximum atomic E-state index is 12.7. The van der Waals surface area contributed by atoms with Gasteiger partial charge in [0.05, 0.1) is 23.1 Å². The zero-order valence-corrected chi connectivity index (χ0v) is 16.3. The van der Waals surface area contributed by atoms with Crippen molar-refractivity contribution in [3.05, 3.63) is 76.8 Å². The van der Waals surface area contributed by atoms with Gasteiger partial charge in [0.15, 0.2) is 0 Å². The summed E-state index contributed by atoms with van der Waals surface area (Å²) < 4.78 is 5.77. The van der Waals surface area contributed by atoms with Gasteiger partial charge >= 0.3 is 0 Å². The van der Waals surface area contributed by atoms with Crippen molar-refractivity contribution in [3.8, 4) is 5.75 Å². The number of benzene rings is 2. The van der Waals surface area contributed by atoms with Crippen molar-refractivity contribution in [1.82, 2.24) is 5.01 Å². The molecule has 0 N–H and O–H groups in total. The van der Waals surface area contributed by atoms with Gasteiger partial charge in [0.2, 0.25) is 0 Å². The molecule has 2 amide bonds. The fourth-order valence-electron chi connectivity index (χ4n) is 4.57. The first-order chi connectivity index (χ1) is 14.1. The summed E-state index contributed by atoms with van der Waals surface area (Å²) in [6.07, 6.45) is 6.54. The summed E-state index contributed by atoms with van der Waals surface area (Å²) in [5.74, 6) is 0.0514. The number of amides is 2. The minimum absolute atomic E-state index is 0.178. The van der Waals surface area contributed by atoms with Crippen molar-refractivity contribution in [2.45, 2.75) is 13.0 Å². The summed E-state index contributed by atoms with van der Waals surface area (Å²) in [4.78, 5) is 25.3. The topological polar surface area (TPSA) is 59.0 Å². The van der Waals surface area contributed by atoms with E-state index in [1.54, 1.807) is 18.2 Å². The molecule has 2 aromatic carbocycles. The minimum atomic E-state index is -0.244. The molecule has 0 aromatic heterocycles. The van der Waals surface area contributed by atoms with Crippen molar-refractivity contribution in [2.24, 2.45) is 28.8 Å². The zero-order valence-electron chi connectivity index (χ0n) is 15.6. The first-order valence-electron chi connectivity index (χ1n) is 9.68. The Morgan fingerprint density at radius 2 is 1.72 bits per heavy atom. The van der Waals surface area contributed by atoms with Crippen molar-refractivity contribution >= 4 is 29.6 Å². The van der Waals surface area contributed by atoms with Crippen molar-refractivity contribution in [1.29, 1.82) is 0 Å². The summed E-state index contributed by atoms with van der Waals surface area (Å²) >= 11 is 6.33. The SMILES string of the molecule is O=C1[C@@H]2[C@H](C(=O)N1N=Cc1ccc(OCc3ccccc3)c(Cl)c1)[C@H]1C=C[C@H]2C1. The van der Waals surface area contributed by atoms with E-state index in [1.807, 2.05) is 30.3 Å². The van der Waals surface area contributed by atoms with Gasteiger partial charge in [-0.25, -0.2) is 0 Å². The lowest BCUT2D eigenvalue weighted by molar-refractivity contribution is -0.140. The van der Waals surface area contributed by atoms with E-state index < -0.39 is 0 Å². The first-order valence-corrected chi connectivity index (χ1v) is 10.1.